The monoisotopic (exact) mass is 459 g/mol. The third-order valence-corrected chi connectivity index (χ3v) is 6.46. The summed E-state index contributed by atoms with van der Waals surface area (Å²) >= 11 is 7.64. The molecule has 0 atom stereocenters. The van der Waals surface area contributed by atoms with Crippen LogP contribution in [0.1, 0.15) is 23.7 Å². The van der Waals surface area contributed by atoms with Crippen molar-refractivity contribution in [2.45, 2.75) is 13.3 Å². The summed E-state index contributed by atoms with van der Waals surface area (Å²) in [6.07, 6.45) is 0.861. The van der Waals surface area contributed by atoms with Gasteiger partial charge < -0.3 is 9.47 Å². The first-order valence-corrected chi connectivity index (χ1v) is 11.7. The average Bonchev–Trinajstić information content (AvgIpc) is 3.20. The Bertz CT molecular complexity index is 1020. The molecule has 1 amide bonds. The van der Waals surface area contributed by atoms with Crippen LogP contribution in [0.5, 0.6) is 5.75 Å². The van der Waals surface area contributed by atoms with Crippen LogP contribution in [0.3, 0.4) is 0 Å². The summed E-state index contributed by atoms with van der Waals surface area (Å²) in [6, 6.07) is 12.9. The Labute approximate surface area is 191 Å². The number of nitrogens with zero attached hydrogens (tertiary/aromatic N) is 3. The number of hydrogen-bond acceptors (Lipinski definition) is 6. The molecule has 2 aromatic carbocycles. The Morgan fingerprint density at radius 2 is 2.00 bits per heavy atom. The molecule has 0 aliphatic carbocycles. The minimum absolute atomic E-state index is 0.0600. The van der Waals surface area contributed by atoms with E-state index in [1.54, 1.807) is 4.90 Å². The zero-order valence-corrected chi connectivity index (χ0v) is 19.1. The first-order valence-electron chi connectivity index (χ1n) is 10.5. The van der Waals surface area contributed by atoms with Crippen molar-refractivity contribution in [1.29, 1.82) is 0 Å². The fourth-order valence-electron chi connectivity index (χ4n) is 3.58. The number of aromatic nitrogens is 1. The summed E-state index contributed by atoms with van der Waals surface area (Å²) in [5.74, 6) is 0.697. The van der Waals surface area contributed by atoms with Crippen LogP contribution in [0.15, 0.2) is 42.5 Å². The van der Waals surface area contributed by atoms with Gasteiger partial charge in [-0.3, -0.25) is 14.6 Å². The number of thiazole rings is 1. The number of morpholine rings is 1. The molecule has 3 aromatic rings. The summed E-state index contributed by atoms with van der Waals surface area (Å²) in [7, 11) is 0. The molecule has 1 saturated heterocycles. The highest BCUT2D eigenvalue weighted by molar-refractivity contribution is 7.22. The number of hydrogen-bond donors (Lipinski definition) is 0. The van der Waals surface area contributed by atoms with Gasteiger partial charge in [-0.25, -0.2) is 4.98 Å². The van der Waals surface area contributed by atoms with Crippen molar-refractivity contribution >= 4 is 44.2 Å². The Morgan fingerprint density at radius 1 is 1.23 bits per heavy atom. The van der Waals surface area contributed by atoms with Crippen molar-refractivity contribution in [1.82, 2.24) is 9.88 Å². The van der Waals surface area contributed by atoms with Gasteiger partial charge in [-0.1, -0.05) is 22.9 Å². The SMILES string of the molecule is CCOc1ccc(C(=O)N(CCCN2CCOCC2)c2nc3ccc(Cl)cc3s2)cc1. The highest BCUT2D eigenvalue weighted by atomic mass is 35.5. The van der Waals surface area contributed by atoms with E-state index in [0.717, 1.165) is 55.2 Å². The number of amides is 1. The predicted octanol–water partition coefficient (Wildman–Crippen LogP) is 4.72. The first kappa shape index (κ1) is 22.0. The summed E-state index contributed by atoms with van der Waals surface area (Å²) in [5, 5.41) is 1.36. The number of benzene rings is 2. The molecule has 0 radical (unpaired) electrons. The molecule has 0 N–H and O–H groups in total. The Morgan fingerprint density at radius 3 is 2.74 bits per heavy atom. The van der Waals surface area contributed by atoms with Gasteiger partial charge in [0.05, 0.1) is 30.0 Å². The second kappa shape index (κ2) is 10.4. The maximum Gasteiger partial charge on any atom is 0.260 e. The van der Waals surface area contributed by atoms with Crippen LogP contribution < -0.4 is 9.64 Å². The molecule has 164 valence electrons. The van der Waals surface area contributed by atoms with Crippen LogP contribution in [-0.2, 0) is 4.74 Å². The lowest BCUT2D eigenvalue weighted by atomic mass is 10.2. The molecular formula is C23H26ClN3O3S. The van der Waals surface area contributed by atoms with Crippen molar-refractivity contribution in [3.05, 3.63) is 53.1 Å². The van der Waals surface area contributed by atoms with Crippen LogP contribution in [0, 0.1) is 0 Å². The lowest BCUT2D eigenvalue weighted by molar-refractivity contribution is 0.0376. The van der Waals surface area contributed by atoms with Crippen LogP contribution >= 0.6 is 22.9 Å². The fraction of sp³-hybridized carbons (Fsp3) is 0.391. The molecule has 2 heterocycles. The molecule has 1 aliphatic heterocycles. The second-order valence-electron chi connectivity index (χ2n) is 7.33. The molecule has 4 rings (SSSR count). The lowest BCUT2D eigenvalue weighted by Crippen LogP contribution is -2.39. The van der Waals surface area contributed by atoms with Crippen LogP contribution in [-0.4, -0.2) is 61.8 Å². The van der Waals surface area contributed by atoms with Crippen LogP contribution in [0.25, 0.3) is 10.2 Å². The zero-order valence-electron chi connectivity index (χ0n) is 17.6. The Kier molecular flexibility index (Phi) is 7.40. The maximum absolute atomic E-state index is 13.4. The molecule has 0 bridgehead atoms. The molecule has 0 saturated carbocycles. The van der Waals surface area contributed by atoms with Crippen molar-refractivity contribution in [2.24, 2.45) is 0 Å². The number of fused-ring (bicyclic) bond motifs is 1. The van der Waals surface area contributed by atoms with Gasteiger partial charge in [-0.05, 0) is 55.8 Å². The zero-order chi connectivity index (χ0) is 21.6. The molecule has 0 unspecified atom stereocenters. The topological polar surface area (TPSA) is 54.9 Å². The van der Waals surface area contributed by atoms with E-state index in [2.05, 4.69) is 4.90 Å². The number of anilines is 1. The van der Waals surface area contributed by atoms with E-state index in [4.69, 9.17) is 26.1 Å². The minimum Gasteiger partial charge on any atom is -0.494 e. The smallest absolute Gasteiger partial charge is 0.260 e. The molecule has 0 spiro atoms. The van der Waals surface area contributed by atoms with Gasteiger partial charge in [-0.15, -0.1) is 0 Å². The van der Waals surface area contributed by atoms with Gasteiger partial charge in [0, 0.05) is 36.8 Å². The van der Waals surface area contributed by atoms with Gasteiger partial charge in [0.2, 0.25) is 0 Å². The Balaban J connectivity index is 1.55. The number of carbonyl (C=O) groups excluding carboxylic acids is 1. The molecule has 1 aromatic heterocycles. The Hall–Kier alpha value is -2.19. The molecule has 1 fully saturated rings. The molecule has 8 heteroatoms. The number of ether oxygens (including phenoxy) is 2. The molecular weight excluding hydrogens is 434 g/mol. The average molecular weight is 460 g/mol. The summed E-state index contributed by atoms with van der Waals surface area (Å²) in [5.41, 5.74) is 1.47. The van der Waals surface area contributed by atoms with Crippen molar-refractivity contribution in [2.75, 3.05) is 50.9 Å². The van der Waals surface area contributed by atoms with Crippen LogP contribution in [0.4, 0.5) is 5.13 Å². The molecule has 31 heavy (non-hydrogen) atoms. The number of carbonyl (C=O) groups is 1. The number of rotatable bonds is 8. The summed E-state index contributed by atoms with van der Waals surface area (Å²) in [4.78, 5) is 22.3. The van der Waals surface area contributed by atoms with E-state index in [1.165, 1.54) is 11.3 Å². The third kappa shape index (κ3) is 5.54. The van der Waals surface area contributed by atoms with E-state index < -0.39 is 0 Å². The third-order valence-electron chi connectivity index (χ3n) is 5.19. The van der Waals surface area contributed by atoms with Crippen molar-refractivity contribution < 1.29 is 14.3 Å². The maximum atomic E-state index is 13.4. The van der Waals surface area contributed by atoms with Gasteiger partial charge in [0.25, 0.3) is 5.91 Å². The van der Waals surface area contributed by atoms with Gasteiger partial charge in [0.15, 0.2) is 5.13 Å². The van der Waals surface area contributed by atoms with E-state index in [9.17, 15) is 4.79 Å². The van der Waals surface area contributed by atoms with Gasteiger partial charge in [-0.2, -0.15) is 0 Å². The van der Waals surface area contributed by atoms with Crippen molar-refractivity contribution in [3.8, 4) is 5.75 Å². The molecule has 6 nitrogen and oxygen atoms in total. The normalized spacial score (nSPS) is 14.6. The standard InChI is InChI=1S/C23H26ClN3O3S/c1-2-30-19-7-4-17(5-8-19)22(28)27(11-3-10-26-12-14-29-15-13-26)23-25-20-9-6-18(24)16-21(20)31-23/h4-9,16H,2-3,10-15H2,1H3. The quantitative estimate of drug-likeness (QED) is 0.488. The van der Waals surface area contributed by atoms with E-state index in [1.807, 2.05) is 49.4 Å². The van der Waals surface area contributed by atoms with Crippen molar-refractivity contribution in [3.63, 3.8) is 0 Å². The second-order valence-corrected chi connectivity index (χ2v) is 8.78. The highest BCUT2D eigenvalue weighted by Crippen LogP contribution is 2.32. The largest absolute Gasteiger partial charge is 0.494 e. The van der Waals surface area contributed by atoms with E-state index in [-0.39, 0.29) is 5.91 Å². The molecule has 1 aliphatic rings. The number of halogens is 1. The predicted molar refractivity (Wildman–Crippen MR) is 126 cm³/mol. The minimum atomic E-state index is -0.0600. The lowest BCUT2D eigenvalue weighted by Gasteiger charge is -2.27. The summed E-state index contributed by atoms with van der Waals surface area (Å²) < 4.78 is 11.9. The fourth-order valence-corrected chi connectivity index (χ4v) is 4.85. The van der Waals surface area contributed by atoms with E-state index in [0.29, 0.717) is 28.9 Å². The van der Waals surface area contributed by atoms with E-state index >= 15 is 0 Å². The first-order chi connectivity index (χ1) is 15.1. The van der Waals surface area contributed by atoms with Gasteiger partial charge in [0.1, 0.15) is 5.75 Å². The summed E-state index contributed by atoms with van der Waals surface area (Å²) in [6.45, 7) is 7.47. The van der Waals surface area contributed by atoms with Crippen LogP contribution in [0.2, 0.25) is 5.02 Å². The van der Waals surface area contributed by atoms with Gasteiger partial charge >= 0.3 is 0 Å². The highest BCUT2D eigenvalue weighted by Gasteiger charge is 2.22.